The van der Waals surface area contributed by atoms with E-state index in [9.17, 15) is 4.79 Å². The second kappa shape index (κ2) is 8.02. The third-order valence-corrected chi connectivity index (χ3v) is 3.88. The highest BCUT2D eigenvalue weighted by Gasteiger charge is 2.22. The molecule has 0 aromatic heterocycles. The highest BCUT2D eigenvalue weighted by molar-refractivity contribution is 6.30. The molecule has 0 heterocycles. The van der Waals surface area contributed by atoms with Gasteiger partial charge >= 0.3 is 0 Å². The molecule has 0 saturated carbocycles. The molecule has 0 bridgehead atoms. The molecule has 1 amide bonds. The SMILES string of the molecule is CC[C@H](Oc1cccc(C)c1)C(=O)N(C)Cc1ccc(Cl)cc1. The van der Waals surface area contributed by atoms with Crippen molar-refractivity contribution in [2.24, 2.45) is 0 Å². The molecule has 0 saturated heterocycles. The molecule has 0 aliphatic rings. The van der Waals surface area contributed by atoms with E-state index in [1.165, 1.54) is 0 Å². The largest absolute Gasteiger partial charge is 0.481 e. The lowest BCUT2D eigenvalue weighted by Gasteiger charge is -2.24. The zero-order chi connectivity index (χ0) is 16.8. The minimum atomic E-state index is -0.478. The predicted molar refractivity (Wildman–Crippen MR) is 93.8 cm³/mol. The quantitative estimate of drug-likeness (QED) is 0.782. The Morgan fingerprint density at radius 1 is 1.22 bits per heavy atom. The molecule has 3 nitrogen and oxygen atoms in total. The molecule has 0 radical (unpaired) electrons. The fourth-order valence-corrected chi connectivity index (χ4v) is 2.47. The number of benzene rings is 2. The molecule has 23 heavy (non-hydrogen) atoms. The molecular weight excluding hydrogens is 310 g/mol. The van der Waals surface area contributed by atoms with Crippen LogP contribution in [0.3, 0.4) is 0 Å². The van der Waals surface area contributed by atoms with Crippen molar-refractivity contribution >= 4 is 17.5 Å². The Kier molecular flexibility index (Phi) is 6.05. The van der Waals surface area contributed by atoms with E-state index in [0.717, 1.165) is 16.9 Å². The molecular formula is C19H22ClNO2. The molecule has 0 aliphatic carbocycles. The third-order valence-electron chi connectivity index (χ3n) is 3.62. The van der Waals surface area contributed by atoms with Crippen LogP contribution in [-0.4, -0.2) is 24.0 Å². The Balaban J connectivity index is 2.02. The number of carbonyl (C=O) groups is 1. The summed E-state index contributed by atoms with van der Waals surface area (Å²) >= 11 is 5.89. The number of rotatable bonds is 6. The Hall–Kier alpha value is -2.00. The molecule has 0 aliphatic heterocycles. The fourth-order valence-electron chi connectivity index (χ4n) is 2.35. The third kappa shape index (κ3) is 5.00. The Morgan fingerprint density at radius 2 is 1.91 bits per heavy atom. The fraction of sp³-hybridized carbons (Fsp3) is 0.316. The molecule has 0 fully saturated rings. The lowest BCUT2D eigenvalue weighted by molar-refractivity contribution is -0.138. The van der Waals surface area contributed by atoms with E-state index in [1.807, 2.05) is 62.4 Å². The van der Waals surface area contributed by atoms with E-state index in [-0.39, 0.29) is 5.91 Å². The number of carbonyl (C=O) groups excluding carboxylic acids is 1. The van der Waals surface area contributed by atoms with Crippen LogP contribution in [0.25, 0.3) is 0 Å². The highest BCUT2D eigenvalue weighted by atomic mass is 35.5. The van der Waals surface area contributed by atoms with Crippen molar-refractivity contribution in [3.8, 4) is 5.75 Å². The van der Waals surface area contributed by atoms with Gasteiger partial charge in [0.05, 0.1) is 0 Å². The van der Waals surface area contributed by atoms with Gasteiger partial charge in [0.15, 0.2) is 6.10 Å². The smallest absolute Gasteiger partial charge is 0.263 e. The van der Waals surface area contributed by atoms with Gasteiger partial charge in [0.25, 0.3) is 5.91 Å². The number of halogens is 1. The van der Waals surface area contributed by atoms with Crippen molar-refractivity contribution in [2.75, 3.05) is 7.05 Å². The standard InChI is InChI=1S/C19H22ClNO2/c1-4-18(23-17-7-5-6-14(2)12-17)19(22)21(3)13-15-8-10-16(20)11-9-15/h5-12,18H,4,13H2,1-3H3/t18-/m0/s1. The summed E-state index contributed by atoms with van der Waals surface area (Å²) in [6.07, 6.45) is 0.145. The summed E-state index contributed by atoms with van der Waals surface area (Å²) in [6, 6.07) is 15.3. The summed E-state index contributed by atoms with van der Waals surface area (Å²) in [5.41, 5.74) is 2.15. The molecule has 4 heteroatoms. The molecule has 0 N–H and O–H groups in total. The first-order chi connectivity index (χ1) is 11.0. The molecule has 2 rings (SSSR count). The normalized spacial score (nSPS) is 11.8. The molecule has 1 atom stereocenters. The summed E-state index contributed by atoms with van der Waals surface area (Å²) in [5, 5.41) is 0.692. The van der Waals surface area contributed by atoms with Crippen LogP contribution >= 0.6 is 11.6 Å². The first-order valence-corrected chi connectivity index (χ1v) is 8.10. The summed E-state index contributed by atoms with van der Waals surface area (Å²) in [6.45, 7) is 4.49. The van der Waals surface area contributed by atoms with Crippen molar-refractivity contribution in [3.05, 3.63) is 64.7 Å². The van der Waals surface area contributed by atoms with Gasteiger partial charge in [0.2, 0.25) is 0 Å². The van der Waals surface area contributed by atoms with Crippen LogP contribution in [0.5, 0.6) is 5.75 Å². The highest BCUT2D eigenvalue weighted by Crippen LogP contribution is 2.17. The number of ether oxygens (including phenoxy) is 1. The van der Waals surface area contributed by atoms with Crippen LogP contribution in [0.4, 0.5) is 0 Å². The summed E-state index contributed by atoms with van der Waals surface area (Å²) in [7, 11) is 1.79. The van der Waals surface area contributed by atoms with Crippen LogP contribution in [0.2, 0.25) is 5.02 Å². The molecule has 0 unspecified atom stereocenters. The van der Waals surface area contributed by atoms with E-state index in [1.54, 1.807) is 11.9 Å². The monoisotopic (exact) mass is 331 g/mol. The maximum Gasteiger partial charge on any atom is 0.263 e. The van der Waals surface area contributed by atoms with Gasteiger partial charge < -0.3 is 9.64 Å². The van der Waals surface area contributed by atoms with E-state index in [0.29, 0.717) is 18.0 Å². The second-order valence-electron chi connectivity index (χ2n) is 5.65. The Morgan fingerprint density at radius 3 is 2.52 bits per heavy atom. The Bertz CT molecular complexity index is 655. The summed E-state index contributed by atoms with van der Waals surface area (Å²) in [4.78, 5) is 14.3. The van der Waals surface area contributed by atoms with Gasteiger partial charge in [-0.15, -0.1) is 0 Å². The van der Waals surface area contributed by atoms with Gasteiger partial charge in [-0.25, -0.2) is 0 Å². The number of hydrogen-bond donors (Lipinski definition) is 0. The van der Waals surface area contributed by atoms with Crippen LogP contribution < -0.4 is 4.74 Å². The zero-order valence-corrected chi connectivity index (χ0v) is 14.5. The molecule has 122 valence electrons. The molecule has 2 aromatic rings. The van der Waals surface area contributed by atoms with Gasteiger partial charge in [-0.3, -0.25) is 4.79 Å². The van der Waals surface area contributed by atoms with Crippen LogP contribution in [-0.2, 0) is 11.3 Å². The van der Waals surface area contributed by atoms with Crippen molar-refractivity contribution in [1.82, 2.24) is 4.90 Å². The van der Waals surface area contributed by atoms with Gasteiger partial charge in [0, 0.05) is 18.6 Å². The number of aryl methyl sites for hydroxylation is 1. The number of amides is 1. The van der Waals surface area contributed by atoms with Crippen molar-refractivity contribution in [3.63, 3.8) is 0 Å². The molecule has 2 aromatic carbocycles. The first kappa shape index (κ1) is 17.4. The van der Waals surface area contributed by atoms with E-state index < -0.39 is 6.10 Å². The molecule has 0 spiro atoms. The predicted octanol–water partition coefficient (Wildman–Crippen LogP) is 4.46. The minimum absolute atomic E-state index is 0.0241. The van der Waals surface area contributed by atoms with Gasteiger partial charge in [-0.2, -0.15) is 0 Å². The maximum atomic E-state index is 12.6. The average molecular weight is 332 g/mol. The Labute approximate surface area is 142 Å². The van der Waals surface area contributed by atoms with Crippen LogP contribution in [0, 0.1) is 6.92 Å². The first-order valence-electron chi connectivity index (χ1n) is 7.72. The van der Waals surface area contributed by atoms with E-state index >= 15 is 0 Å². The number of hydrogen-bond acceptors (Lipinski definition) is 2. The average Bonchev–Trinajstić information content (AvgIpc) is 2.54. The minimum Gasteiger partial charge on any atom is -0.481 e. The van der Waals surface area contributed by atoms with Crippen LogP contribution in [0.1, 0.15) is 24.5 Å². The van der Waals surface area contributed by atoms with Crippen molar-refractivity contribution in [1.29, 1.82) is 0 Å². The lowest BCUT2D eigenvalue weighted by atomic mass is 10.2. The van der Waals surface area contributed by atoms with Crippen molar-refractivity contribution < 1.29 is 9.53 Å². The van der Waals surface area contributed by atoms with Gasteiger partial charge in [-0.05, 0) is 48.7 Å². The van der Waals surface area contributed by atoms with E-state index in [2.05, 4.69) is 0 Å². The zero-order valence-electron chi connectivity index (χ0n) is 13.8. The van der Waals surface area contributed by atoms with Crippen LogP contribution in [0.15, 0.2) is 48.5 Å². The second-order valence-corrected chi connectivity index (χ2v) is 6.09. The maximum absolute atomic E-state index is 12.6. The summed E-state index contributed by atoms with van der Waals surface area (Å²) < 4.78 is 5.87. The summed E-state index contributed by atoms with van der Waals surface area (Å²) in [5.74, 6) is 0.703. The lowest BCUT2D eigenvalue weighted by Crippen LogP contribution is -2.39. The number of nitrogens with zero attached hydrogens (tertiary/aromatic N) is 1. The number of likely N-dealkylation sites (N-methyl/N-ethyl adjacent to an activating group) is 1. The van der Waals surface area contributed by atoms with Crippen molar-refractivity contribution in [2.45, 2.75) is 32.9 Å². The van der Waals surface area contributed by atoms with Gasteiger partial charge in [0.1, 0.15) is 5.75 Å². The van der Waals surface area contributed by atoms with E-state index in [4.69, 9.17) is 16.3 Å². The van der Waals surface area contributed by atoms with Gasteiger partial charge in [-0.1, -0.05) is 42.8 Å². The topological polar surface area (TPSA) is 29.5 Å².